The second-order valence-corrected chi connectivity index (χ2v) is 5.96. The first kappa shape index (κ1) is 13.7. The maximum atomic E-state index is 11.2. The van der Waals surface area contributed by atoms with Crippen LogP contribution in [0.1, 0.15) is 45.4 Å². The highest BCUT2D eigenvalue weighted by molar-refractivity contribution is 8.14. The molecule has 0 unspecified atom stereocenters. The van der Waals surface area contributed by atoms with Crippen LogP contribution < -0.4 is 5.32 Å². The van der Waals surface area contributed by atoms with Crippen molar-refractivity contribution in [2.24, 2.45) is 4.99 Å². The van der Waals surface area contributed by atoms with Crippen LogP contribution in [0.5, 0.6) is 0 Å². The van der Waals surface area contributed by atoms with Crippen molar-refractivity contribution in [1.82, 2.24) is 5.32 Å². The highest BCUT2D eigenvalue weighted by Gasteiger charge is 2.37. The maximum Gasteiger partial charge on any atom is 0.307 e. The van der Waals surface area contributed by atoms with Gasteiger partial charge in [-0.25, -0.2) is 0 Å². The van der Waals surface area contributed by atoms with Crippen molar-refractivity contribution in [1.29, 1.82) is 0 Å². The van der Waals surface area contributed by atoms with Gasteiger partial charge >= 0.3 is 5.97 Å². The van der Waals surface area contributed by atoms with E-state index in [0.29, 0.717) is 25.1 Å². The monoisotopic (exact) mass is 270 g/mol. The van der Waals surface area contributed by atoms with E-state index in [4.69, 9.17) is 4.74 Å². The molecule has 1 saturated heterocycles. The van der Waals surface area contributed by atoms with E-state index in [1.165, 1.54) is 32.1 Å². The van der Waals surface area contributed by atoms with Crippen molar-refractivity contribution in [3.63, 3.8) is 0 Å². The van der Waals surface area contributed by atoms with E-state index in [1.54, 1.807) is 11.8 Å². The maximum absolute atomic E-state index is 11.2. The number of carbonyl (C=O) groups excluding carboxylic acids is 1. The van der Waals surface area contributed by atoms with Gasteiger partial charge in [0, 0.05) is 11.3 Å². The lowest BCUT2D eigenvalue weighted by atomic mass is 9.83. The molecule has 1 N–H and O–H groups in total. The average Bonchev–Trinajstić information content (AvgIpc) is 2.74. The van der Waals surface area contributed by atoms with Crippen LogP contribution in [0.2, 0.25) is 0 Å². The lowest BCUT2D eigenvalue weighted by molar-refractivity contribution is -0.142. The zero-order chi connectivity index (χ0) is 12.8. The summed E-state index contributed by atoms with van der Waals surface area (Å²) in [6.45, 7) is 2.81. The van der Waals surface area contributed by atoms with Gasteiger partial charge in [-0.1, -0.05) is 31.0 Å². The fourth-order valence-electron chi connectivity index (χ4n) is 2.57. The molecule has 1 saturated carbocycles. The Morgan fingerprint density at radius 1 is 1.44 bits per heavy atom. The van der Waals surface area contributed by atoms with Crippen molar-refractivity contribution in [2.75, 3.05) is 18.9 Å². The molecule has 0 amide bonds. The summed E-state index contributed by atoms with van der Waals surface area (Å²) in [5.41, 5.74) is 0.297. The van der Waals surface area contributed by atoms with E-state index >= 15 is 0 Å². The Hall–Kier alpha value is -0.710. The van der Waals surface area contributed by atoms with Crippen LogP contribution in [0.25, 0.3) is 0 Å². The van der Waals surface area contributed by atoms with Gasteiger partial charge in [0.05, 0.1) is 19.6 Å². The van der Waals surface area contributed by atoms with Gasteiger partial charge in [-0.3, -0.25) is 9.79 Å². The van der Waals surface area contributed by atoms with Crippen LogP contribution in [0.15, 0.2) is 4.99 Å². The summed E-state index contributed by atoms with van der Waals surface area (Å²) < 4.78 is 4.88. The Balaban J connectivity index is 1.76. The summed E-state index contributed by atoms with van der Waals surface area (Å²) in [5.74, 6) is 0.975. The smallest absolute Gasteiger partial charge is 0.307 e. The number of carbonyl (C=O) groups is 1. The fourth-order valence-corrected chi connectivity index (χ4v) is 3.82. The van der Waals surface area contributed by atoms with E-state index in [0.717, 1.165) is 10.9 Å². The molecular weight excluding hydrogens is 248 g/mol. The van der Waals surface area contributed by atoms with Gasteiger partial charge in [0.1, 0.15) is 0 Å². The van der Waals surface area contributed by atoms with Crippen LogP contribution in [0.4, 0.5) is 0 Å². The molecule has 2 aliphatic rings. The number of hydrogen-bond donors (Lipinski definition) is 1. The van der Waals surface area contributed by atoms with Crippen molar-refractivity contribution in [3.8, 4) is 0 Å². The van der Waals surface area contributed by atoms with Gasteiger partial charge in [0.25, 0.3) is 0 Å². The van der Waals surface area contributed by atoms with E-state index in [1.807, 2.05) is 6.92 Å². The second-order valence-electron chi connectivity index (χ2n) is 5.00. The SMILES string of the molecule is CCOC(=O)CCN=C1NC2(CCCCC2)CS1. The van der Waals surface area contributed by atoms with Crippen LogP contribution in [0.3, 0.4) is 0 Å². The summed E-state index contributed by atoms with van der Waals surface area (Å²) in [7, 11) is 0. The fraction of sp³-hybridized carbons (Fsp3) is 0.846. The van der Waals surface area contributed by atoms with Gasteiger partial charge in [-0.2, -0.15) is 0 Å². The summed E-state index contributed by atoms with van der Waals surface area (Å²) >= 11 is 1.80. The number of hydrogen-bond acceptors (Lipinski definition) is 4. The molecule has 4 nitrogen and oxygen atoms in total. The molecule has 1 aliphatic carbocycles. The number of aliphatic imine (C=N–C) groups is 1. The van der Waals surface area contributed by atoms with Crippen molar-refractivity contribution >= 4 is 22.9 Å². The first-order valence-electron chi connectivity index (χ1n) is 6.85. The second kappa shape index (κ2) is 6.45. The third-order valence-electron chi connectivity index (χ3n) is 3.54. The standard InChI is InChI=1S/C13H22N2O2S/c1-2-17-11(16)6-9-14-12-15-13(10-18-12)7-4-3-5-8-13/h2-10H2,1H3,(H,14,15). The van der Waals surface area contributed by atoms with Crippen LogP contribution in [-0.4, -0.2) is 35.6 Å². The quantitative estimate of drug-likeness (QED) is 0.797. The first-order valence-corrected chi connectivity index (χ1v) is 7.84. The number of amidine groups is 1. The number of thioether (sulfide) groups is 1. The van der Waals surface area contributed by atoms with Crippen LogP contribution in [-0.2, 0) is 9.53 Å². The van der Waals surface area contributed by atoms with Gasteiger partial charge in [0.15, 0.2) is 5.17 Å². The molecular formula is C13H22N2O2S. The Kier molecular flexibility index (Phi) is 4.92. The van der Waals surface area contributed by atoms with Gasteiger partial charge in [-0.05, 0) is 19.8 Å². The molecule has 0 aromatic carbocycles. The molecule has 5 heteroatoms. The summed E-state index contributed by atoms with van der Waals surface area (Å²) in [4.78, 5) is 15.7. The summed E-state index contributed by atoms with van der Waals surface area (Å²) in [6.07, 6.45) is 6.91. The molecule has 18 heavy (non-hydrogen) atoms. The molecule has 0 aromatic heterocycles. The van der Waals surface area contributed by atoms with Crippen molar-refractivity contribution in [2.45, 2.75) is 51.0 Å². The van der Waals surface area contributed by atoms with E-state index in [2.05, 4.69) is 10.3 Å². The zero-order valence-electron chi connectivity index (χ0n) is 11.0. The minimum Gasteiger partial charge on any atom is -0.466 e. The Labute approximate surface area is 113 Å². The highest BCUT2D eigenvalue weighted by Crippen LogP contribution is 2.36. The zero-order valence-corrected chi connectivity index (χ0v) is 11.9. The van der Waals surface area contributed by atoms with Crippen molar-refractivity contribution in [3.05, 3.63) is 0 Å². The molecule has 0 aromatic rings. The Morgan fingerprint density at radius 2 is 2.22 bits per heavy atom. The van der Waals surface area contributed by atoms with Crippen LogP contribution >= 0.6 is 11.8 Å². The molecule has 102 valence electrons. The predicted molar refractivity (Wildman–Crippen MR) is 75.0 cm³/mol. The van der Waals surface area contributed by atoms with Crippen LogP contribution in [0, 0.1) is 0 Å². The number of esters is 1. The topological polar surface area (TPSA) is 50.7 Å². The largest absolute Gasteiger partial charge is 0.466 e. The first-order chi connectivity index (χ1) is 8.74. The third-order valence-corrected chi connectivity index (χ3v) is 4.75. The van der Waals surface area contributed by atoms with Gasteiger partial charge < -0.3 is 10.1 Å². The number of nitrogens with one attached hydrogen (secondary N) is 1. The minimum absolute atomic E-state index is 0.155. The van der Waals surface area contributed by atoms with E-state index in [9.17, 15) is 4.79 Å². The number of nitrogens with zero attached hydrogens (tertiary/aromatic N) is 1. The van der Waals surface area contributed by atoms with Crippen molar-refractivity contribution < 1.29 is 9.53 Å². The Morgan fingerprint density at radius 3 is 2.94 bits per heavy atom. The number of rotatable bonds is 4. The minimum atomic E-state index is -0.155. The summed E-state index contributed by atoms with van der Waals surface area (Å²) in [5, 5.41) is 4.59. The lowest BCUT2D eigenvalue weighted by Crippen LogP contribution is -2.45. The molecule has 1 heterocycles. The predicted octanol–water partition coefficient (Wildman–Crippen LogP) is 2.33. The molecule has 1 spiro atoms. The molecule has 0 atom stereocenters. The normalized spacial score (nSPS) is 24.2. The van der Waals surface area contributed by atoms with Gasteiger partial charge in [0.2, 0.25) is 0 Å². The molecule has 0 bridgehead atoms. The molecule has 2 fully saturated rings. The molecule has 2 rings (SSSR count). The van der Waals surface area contributed by atoms with E-state index < -0.39 is 0 Å². The number of ether oxygens (including phenoxy) is 1. The average molecular weight is 270 g/mol. The lowest BCUT2D eigenvalue weighted by Gasteiger charge is -2.32. The third kappa shape index (κ3) is 3.64. The molecule has 0 radical (unpaired) electrons. The summed E-state index contributed by atoms with van der Waals surface area (Å²) in [6, 6.07) is 0. The highest BCUT2D eigenvalue weighted by atomic mass is 32.2. The van der Waals surface area contributed by atoms with E-state index in [-0.39, 0.29) is 5.97 Å². The Bertz CT molecular complexity index is 325. The molecule has 1 aliphatic heterocycles. The van der Waals surface area contributed by atoms with Gasteiger partial charge in [-0.15, -0.1) is 0 Å².